The lowest BCUT2D eigenvalue weighted by atomic mass is 9.86. The number of carboxylic acids is 3. The standard InChI is InChI=1S/C27H50O6/c1-2-3-4-8-14-23(18-12-21-26(30)31)16-11-17-24(19-13-22-27(32)33)15-9-6-5-7-10-20-25(28)29/h23-24H,2-22H2,1H3,(H,28,29)(H,30,31)(H,32,33). The number of aliphatic carboxylic acids is 3. The molecule has 2 unspecified atom stereocenters. The number of rotatable bonds is 25. The molecule has 0 saturated heterocycles. The molecule has 0 aromatic heterocycles. The maximum absolute atomic E-state index is 10.9. The van der Waals surface area contributed by atoms with Crippen molar-refractivity contribution in [2.24, 2.45) is 11.8 Å². The molecule has 0 spiro atoms. The van der Waals surface area contributed by atoms with Crippen LogP contribution in [-0.4, -0.2) is 33.2 Å². The largest absolute Gasteiger partial charge is 0.481 e. The van der Waals surface area contributed by atoms with Crippen molar-refractivity contribution in [3.05, 3.63) is 0 Å². The fourth-order valence-corrected chi connectivity index (χ4v) is 4.74. The van der Waals surface area contributed by atoms with Crippen LogP contribution in [0.5, 0.6) is 0 Å². The number of hydrogen-bond donors (Lipinski definition) is 3. The van der Waals surface area contributed by atoms with E-state index >= 15 is 0 Å². The van der Waals surface area contributed by atoms with Gasteiger partial charge in [-0.3, -0.25) is 14.4 Å². The predicted octanol–water partition coefficient (Wildman–Crippen LogP) is 7.68. The summed E-state index contributed by atoms with van der Waals surface area (Å²) >= 11 is 0. The summed E-state index contributed by atoms with van der Waals surface area (Å²) < 4.78 is 0. The van der Waals surface area contributed by atoms with Gasteiger partial charge in [0, 0.05) is 19.3 Å². The van der Waals surface area contributed by atoms with E-state index in [1.54, 1.807) is 0 Å². The highest BCUT2D eigenvalue weighted by Crippen LogP contribution is 2.28. The molecular weight excluding hydrogens is 420 g/mol. The maximum Gasteiger partial charge on any atom is 0.303 e. The SMILES string of the molecule is CCCCCCC(CCCC(=O)O)CCCC(CCCCCCCC(=O)O)CCCC(=O)O. The van der Waals surface area contributed by atoms with Gasteiger partial charge in [0.05, 0.1) is 0 Å². The van der Waals surface area contributed by atoms with Crippen molar-refractivity contribution < 1.29 is 29.7 Å². The minimum atomic E-state index is -0.724. The minimum absolute atomic E-state index is 0.237. The van der Waals surface area contributed by atoms with E-state index < -0.39 is 17.9 Å². The van der Waals surface area contributed by atoms with Crippen molar-refractivity contribution in [1.29, 1.82) is 0 Å². The van der Waals surface area contributed by atoms with Gasteiger partial charge in [-0.2, -0.15) is 0 Å². The van der Waals surface area contributed by atoms with Crippen LogP contribution in [0.4, 0.5) is 0 Å². The summed E-state index contributed by atoms with van der Waals surface area (Å²) in [5.41, 5.74) is 0. The minimum Gasteiger partial charge on any atom is -0.481 e. The van der Waals surface area contributed by atoms with Gasteiger partial charge in [0.15, 0.2) is 0 Å². The average molecular weight is 471 g/mol. The Bertz CT molecular complexity index is 505. The fraction of sp³-hybridized carbons (Fsp3) is 0.889. The van der Waals surface area contributed by atoms with E-state index in [1.165, 1.54) is 32.1 Å². The Balaban J connectivity index is 4.38. The first-order chi connectivity index (χ1) is 15.8. The van der Waals surface area contributed by atoms with Crippen LogP contribution in [0.25, 0.3) is 0 Å². The van der Waals surface area contributed by atoms with Crippen molar-refractivity contribution in [1.82, 2.24) is 0 Å². The van der Waals surface area contributed by atoms with Gasteiger partial charge in [-0.05, 0) is 43.9 Å². The van der Waals surface area contributed by atoms with E-state index in [0.717, 1.165) is 83.5 Å². The summed E-state index contributed by atoms with van der Waals surface area (Å²) in [6.45, 7) is 2.21. The normalized spacial score (nSPS) is 13.0. The van der Waals surface area contributed by atoms with Gasteiger partial charge in [-0.25, -0.2) is 0 Å². The van der Waals surface area contributed by atoms with Crippen molar-refractivity contribution in [2.45, 2.75) is 142 Å². The van der Waals surface area contributed by atoms with Crippen molar-refractivity contribution in [3.8, 4) is 0 Å². The Hall–Kier alpha value is -1.59. The Morgan fingerprint density at radius 1 is 0.455 bits per heavy atom. The molecule has 0 aromatic rings. The first-order valence-electron chi connectivity index (χ1n) is 13.5. The van der Waals surface area contributed by atoms with Crippen LogP contribution in [0.15, 0.2) is 0 Å². The molecule has 0 aromatic carbocycles. The number of hydrogen-bond acceptors (Lipinski definition) is 3. The summed E-state index contributed by atoms with van der Waals surface area (Å²) in [5.74, 6) is -0.989. The van der Waals surface area contributed by atoms with Gasteiger partial charge in [0.2, 0.25) is 0 Å². The molecule has 0 radical (unpaired) electrons. The molecule has 6 heteroatoms. The van der Waals surface area contributed by atoms with Gasteiger partial charge in [0.25, 0.3) is 0 Å². The highest BCUT2D eigenvalue weighted by atomic mass is 16.4. The summed E-state index contributed by atoms with van der Waals surface area (Å²) in [4.78, 5) is 32.4. The quantitative estimate of drug-likeness (QED) is 0.118. The van der Waals surface area contributed by atoms with Gasteiger partial charge in [0.1, 0.15) is 0 Å². The van der Waals surface area contributed by atoms with Crippen LogP contribution in [0.2, 0.25) is 0 Å². The second kappa shape index (κ2) is 22.2. The van der Waals surface area contributed by atoms with Crippen LogP contribution in [0.1, 0.15) is 142 Å². The molecule has 0 aliphatic rings. The molecule has 0 rings (SSSR count). The van der Waals surface area contributed by atoms with Gasteiger partial charge in [-0.1, -0.05) is 90.4 Å². The van der Waals surface area contributed by atoms with Crippen molar-refractivity contribution in [3.63, 3.8) is 0 Å². The number of carboxylic acid groups (broad SMARTS) is 3. The van der Waals surface area contributed by atoms with Crippen molar-refractivity contribution in [2.75, 3.05) is 0 Å². The molecule has 0 fully saturated rings. The average Bonchev–Trinajstić information content (AvgIpc) is 2.74. The topological polar surface area (TPSA) is 112 Å². The molecule has 6 nitrogen and oxygen atoms in total. The zero-order valence-corrected chi connectivity index (χ0v) is 21.1. The smallest absolute Gasteiger partial charge is 0.303 e. The molecule has 0 heterocycles. The van der Waals surface area contributed by atoms with Crippen LogP contribution in [0, 0.1) is 11.8 Å². The van der Waals surface area contributed by atoms with Crippen molar-refractivity contribution >= 4 is 17.9 Å². The molecule has 0 amide bonds. The first kappa shape index (κ1) is 31.4. The lowest BCUT2D eigenvalue weighted by Gasteiger charge is -2.20. The Morgan fingerprint density at radius 3 is 1.24 bits per heavy atom. The third-order valence-corrected chi connectivity index (χ3v) is 6.70. The first-order valence-corrected chi connectivity index (χ1v) is 13.5. The molecule has 3 N–H and O–H groups in total. The maximum atomic E-state index is 10.9. The number of carbonyl (C=O) groups is 3. The number of unbranched alkanes of at least 4 members (excludes halogenated alkanes) is 7. The van der Waals surface area contributed by atoms with Crippen LogP contribution in [0.3, 0.4) is 0 Å². The van der Waals surface area contributed by atoms with E-state index in [9.17, 15) is 14.4 Å². The summed E-state index contributed by atoms with van der Waals surface area (Å²) in [7, 11) is 0. The lowest BCUT2D eigenvalue weighted by Crippen LogP contribution is -2.07. The predicted molar refractivity (Wildman–Crippen MR) is 133 cm³/mol. The van der Waals surface area contributed by atoms with E-state index in [4.69, 9.17) is 15.3 Å². The van der Waals surface area contributed by atoms with Gasteiger partial charge >= 0.3 is 17.9 Å². The molecule has 33 heavy (non-hydrogen) atoms. The zero-order valence-electron chi connectivity index (χ0n) is 21.1. The Kier molecular flexibility index (Phi) is 21.1. The highest BCUT2D eigenvalue weighted by molar-refractivity contribution is 5.67. The van der Waals surface area contributed by atoms with Crippen LogP contribution < -0.4 is 0 Å². The third-order valence-electron chi connectivity index (χ3n) is 6.70. The zero-order chi connectivity index (χ0) is 24.7. The Morgan fingerprint density at radius 2 is 0.788 bits per heavy atom. The monoisotopic (exact) mass is 470 g/mol. The lowest BCUT2D eigenvalue weighted by molar-refractivity contribution is -0.138. The fourth-order valence-electron chi connectivity index (χ4n) is 4.74. The van der Waals surface area contributed by atoms with Gasteiger partial charge in [-0.15, -0.1) is 0 Å². The van der Waals surface area contributed by atoms with E-state index in [-0.39, 0.29) is 19.3 Å². The second-order valence-corrected chi connectivity index (χ2v) is 9.78. The molecule has 194 valence electrons. The molecule has 0 bridgehead atoms. The van der Waals surface area contributed by atoms with E-state index in [1.807, 2.05) is 0 Å². The molecule has 0 aliphatic carbocycles. The highest BCUT2D eigenvalue weighted by Gasteiger charge is 2.14. The van der Waals surface area contributed by atoms with E-state index in [2.05, 4.69) is 6.92 Å². The molecule has 0 aliphatic heterocycles. The summed E-state index contributed by atoms with van der Waals surface area (Å²) in [5, 5.41) is 26.6. The van der Waals surface area contributed by atoms with E-state index in [0.29, 0.717) is 11.8 Å². The molecule has 2 atom stereocenters. The Labute approximate surface area is 201 Å². The summed E-state index contributed by atoms with van der Waals surface area (Å²) in [6.07, 6.45) is 20.0. The molecular formula is C27H50O6. The summed E-state index contributed by atoms with van der Waals surface area (Å²) in [6, 6.07) is 0. The van der Waals surface area contributed by atoms with Crippen LogP contribution >= 0.6 is 0 Å². The van der Waals surface area contributed by atoms with Gasteiger partial charge < -0.3 is 15.3 Å². The second-order valence-electron chi connectivity index (χ2n) is 9.78. The molecule has 0 saturated carbocycles. The van der Waals surface area contributed by atoms with Crippen LogP contribution in [-0.2, 0) is 14.4 Å². The third kappa shape index (κ3) is 23.4.